The third kappa shape index (κ3) is 6.94. The van der Waals surface area contributed by atoms with Gasteiger partial charge in [-0.3, -0.25) is 9.69 Å². The van der Waals surface area contributed by atoms with Gasteiger partial charge in [0, 0.05) is 35.0 Å². The van der Waals surface area contributed by atoms with Crippen LogP contribution in [0.25, 0.3) is 0 Å². The molecule has 2 aromatic rings. The summed E-state index contributed by atoms with van der Waals surface area (Å²) >= 11 is 5.41. The number of carbonyl (C=O) groups excluding carboxylic acids is 1. The van der Waals surface area contributed by atoms with Gasteiger partial charge in [-0.25, -0.2) is 0 Å². The van der Waals surface area contributed by atoms with Gasteiger partial charge >= 0.3 is 0 Å². The molecule has 28 heavy (non-hydrogen) atoms. The molecule has 150 valence electrons. The van der Waals surface area contributed by atoms with E-state index >= 15 is 0 Å². The van der Waals surface area contributed by atoms with E-state index in [-0.39, 0.29) is 11.8 Å². The van der Waals surface area contributed by atoms with E-state index in [4.69, 9.17) is 0 Å². The van der Waals surface area contributed by atoms with Gasteiger partial charge < -0.3 is 5.32 Å². The second-order valence-corrected chi connectivity index (χ2v) is 9.53. The van der Waals surface area contributed by atoms with Crippen LogP contribution in [0.1, 0.15) is 29.5 Å². The van der Waals surface area contributed by atoms with Crippen molar-refractivity contribution < 1.29 is 4.79 Å². The number of benzene rings is 2. The zero-order valence-corrected chi connectivity index (χ0v) is 18.9. The van der Waals surface area contributed by atoms with E-state index in [2.05, 4.69) is 81.6 Å². The van der Waals surface area contributed by atoms with Crippen LogP contribution in [0.3, 0.4) is 0 Å². The van der Waals surface area contributed by atoms with Crippen LogP contribution in [0.4, 0.5) is 0 Å². The summed E-state index contributed by atoms with van der Waals surface area (Å²) in [6, 6.07) is 17.1. The average molecular weight is 461 g/mol. The van der Waals surface area contributed by atoms with Crippen LogP contribution >= 0.6 is 27.7 Å². The molecule has 0 spiro atoms. The van der Waals surface area contributed by atoms with Gasteiger partial charge in [-0.15, -0.1) is 0 Å². The zero-order valence-electron chi connectivity index (χ0n) is 16.5. The first kappa shape index (κ1) is 21.4. The molecule has 1 heterocycles. The second-order valence-electron chi connectivity index (χ2n) is 7.51. The van der Waals surface area contributed by atoms with Crippen LogP contribution in [-0.4, -0.2) is 36.2 Å². The predicted octanol–water partition coefficient (Wildman–Crippen LogP) is 5.02. The van der Waals surface area contributed by atoms with Crippen LogP contribution in [0.5, 0.6) is 0 Å². The molecule has 1 amide bonds. The highest BCUT2D eigenvalue weighted by Crippen LogP contribution is 2.20. The number of halogens is 1. The number of rotatable bonds is 8. The Hall–Kier alpha value is -1.30. The number of nitrogens with one attached hydrogen (secondary N) is 1. The summed E-state index contributed by atoms with van der Waals surface area (Å²) in [5.41, 5.74) is 3.96. The lowest BCUT2D eigenvalue weighted by molar-refractivity contribution is -0.126. The Bertz CT molecular complexity index is 757. The third-order valence-electron chi connectivity index (χ3n) is 5.19. The van der Waals surface area contributed by atoms with Crippen molar-refractivity contribution in [3.8, 4) is 0 Å². The minimum Gasteiger partial charge on any atom is -0.355 e. The zero-order chi connectivity index (χ0) is 19.8. The predicted molar refractivity (Wildman–Crippen MR) is 122 cm³/mol. The number of hydrogen-bond acceptors (Lipinski definition) is 3. The molecule has 0 aliphatic carbocycles. The summed E-state index contributed by atoms with van der Waals surface area (Å²) in [5.74, 6) is 2.37. The summed E-state index contributed by atoms with van der Waals surface area (Å²) in [4.78, 5) is 14.9. The minimum absolute atomic E-state index is 0.167. The molecule has 0 aromatic heterocycles. The maximum absolute atomic E-state index is 12.4. The molecule has 3 rings (SSSR count). The van der Waals surface area contributed by atoms with Crippen molar-refractivity contribution in [1.29, 1.82) is 0 Å². The lowest BCUT2D eigenvalue weighted by atomic mass is 9.95. The number of likely N-dealkylation sites (tertiary alicyclic amines) is 1. The minimum atomic E-state index is 0.167. The van der Waals surface area contributed by atoms with E-state index in [1.54, 1.807) is 0 Å². The average Bonchev–Trinajstić information content (AvgIpc) is 2.69. The van der Waals surface area contributed by atoms with Crippen LogP contribution in [0.2, 0.25) is 0 Å². The molecule has 0 radical (unpaired) electrons. The number of aryl methyl sites for hydroxylation is 1. The van der Waals surface area contributed by atoms with Gasteiger partial charge in [-0.05, 0) is 56.1 Å². The standard InChI is InChI=1S/C23H29BrN2OS/c1-18-5-7-19(8-6-18)17-28-14-11-25-23(27)21-9-12-26(13-10-21)16-20-3-2-4-22(24)15-20/h2-8,15,21H,9-14,16-17H2,1H3,(H,25,27). The summed E-state index contributed by atoms with van der Waals surface area (Å²) in [6.45, 7) is 5.81. The Morgan fingerprint density at radius 2 is 1.89 bits per heavy atom. The smallest absolute Gasteiger partial charge is 0.223 e. The summed E-state index contributed by atoms with van der Waals surface area (Å²) < 4.78 is 1.12. The van der Waals surface area contributed by atoms with Crippen molar-refractivity contribution in [1.82, 2.24) is 10.2 Å². The molecule has 0 saturated carbocycles. The molecule has 0 unspecified atom stereocenters. The fraction of sp³-hybridized carbons (Fsp3) is 0.435. The summed E-state index contributed by atoms with van der Waals surface area (Å²) in [7, 11) is 0. The first-order valence-corrected chi connectivity index (χ1v) is 11.9. The highest BCUT2D eigenvalue weighted by molar-refractivity contribution is 9.10. The van der Waals surface area contributed by atoms with Gasteiger partial charge in [0.2, 0.25) is 5.91 Å². The Labute approximate surface area is 181 Å². The Balaban J connectivity index is 1.30. The molecule has 3 nitrogen and oxygen atoms in total. The number of carbonyl (C=O) groups is 1. The number of nitrogens with zero attached hydrogens (tertiary/aromatic N) is 1. The van der Waals surface area contributed by atoms with Crippen LogP contribution in [-0.2, 0) is 17.1 Å². The fourth-order valence-corrected chi connectivity index (χ4v) is 4.78. The molecule has 1 aliphatic rings. The Morgan fingerprint density at radius 3 is 2.61 bits per heavy atom. The molecule has 1 N–H and O–H groups in total. The maximum Gasteiger partial charge on any atom is 0.223 e. The van der Waals surface area contributed by atoms with E-state index in [9.17, 15) is 4.79 Å². The molecule has 5 heteroatoms. The fourth-order valence-electron chi connectivity index (χ4n) is 3.51. The summed E-state index contributed by atoms with van der Waals surface area (Å²) in [6.07, 6.45) is 1.91. The van der Waals surface area contributed by atoms with Crippen LogP contribution < -0.4 is 5.32 Å². The molecule has 0 atom stereocenters. The molecule has 1 fully saturated rings. The first-order chi connectivity index (χ1) is 13.6. The highest BCUT2D eigenvalue weighted by atomic mass is 79.9. The Kier molecular flexibility index (Phi) is 8.44. The van der Waals surface area contributed by atoms with Crippen molar-refractivity contribution in [2.45, 2.75) is 32.1 Å². The second kappa shape index (κ2) is 11.0. The maximum atomic E-state index is 12.4. The number of hydrogen-bond donors (Lipinski definition) is 1. The van der Waals surface area contributed by atoms with Gasteiger partial charge in [0.25, 0.3) is 0 Å². The Morgan fingerprint density at radius 1 is 1.14 bits per heavy atom. The van der Waals surface area contributed by atoms with E-state index in [1.807, 2.05) is 11.8 Å². The van der Waals surface area contributed by atoms with E-state index in [0.717, 1.165) is 55.0 Å². The van der Waals surface area contributed by atoms with Gasteiger partial charge in [0.1, 0.15) is 0 Å². The number of piperidine rings is 1. The van der Waals surface area contributed by atoms with E-state index in [1.165, 1.54) is 16.7 Å². The first-order valence-electron chi connectivity index (χ1n) is 9.98. The SMILES string of the molecule is Cc1ccc(CSCCNC(=O)C2CCN(Cc3cccc(Br)c3)CC2)cc1. The molecule has 1 saturated heterocycles. The molecular formula is C23H29BrN2OS. The third-order valence-corrected chi connectivity index (χ3v) is 6.71. The molecule has 1 aliphatic heterocycles. The van der Waals surface area contributed by atoms with Gasteiger partial charge in [-0.2, -0.15) is 11.8 Å². The summed E-state index contributed by atoms with van der Waals surface area (Å²) in [5, 5.41) is 3.14. The van der Waals surface area contributed by atoms with Crippen LogP contribution in [0.15, 0.2) is 53.0 Å². The van der Waals surface area contributed by atoms with Crippen molar-refractivity contribution in [3.05, 3.63) is 69.7 Å². The lowest BCUT2D eigenvalue weighted by Gasteiger charge is -2.31. The van der Waals surface area contributed by atoms with Crippen molar-refractivity contribution in [3.63, 3.8) is 0 Å². The highest BCUT2D eigenvalue weighted by Gasteiger charge is 2.24. The quantitative estimate of drug-likeness (QED) is 0.561. The molecule has 2 aromatic carbocycles. The van der Waals surface area contributed by atoms with Gasteiger partial charge in [0.15, 0.2) is 0 Å². The van der Waals surface area contributed by atoms with Crippen molar-refractivity contribution in [2.75, 3.05) is 25.4 Å². The largest absolute Gasteiger partial charge is 0.355 e. The topological polar surface area (TPSA) is 32.3 Å². The molecular weight excluding hydrogens is 432 g/mol. The van der Waals surface area contributed by atoms with E-state index in [0.29, 0.717) is 0 Å². The van der Waals surface area contributed by atoms with Crippen molar-refractivity contribution in [2.24, 2.45) is 5.92 Å². The monoisotopic (exact) mass is 460 g/mol. The lowest BCUT2D eigenvalue weighted by Crippen LogP contribution is -2.40. The molecule has 0 bridgehead atoms. The number of thioether (sulfide) groups is 1. The van der Waals surface area contributed by atoms with Gasteiger partial charge in [0.05, 0.1) is 0 Å². The van der Waals surface area contributed by atoms with Crippen molar-refractivity contribution >= 4 is 33.6 Å². The number of amides is 1. The van der Waals surface area contributed by atoms with E-state index < -0.39 is 0 Å². The van der Waals surface area contributed by atoms with Crippen LogP contribution in [0, 0.1) is 12.8 Å². The van der Waals surface area contributed by atoms with Gasteiger partial charge in [-0.1, -0.05) is 57.9 Å². The normalized spacial score (nSPS) is 15.5.